The van der Waals surface area contributed by atoms with E-state index in [9.17, 15) is 0 Å². The van der Waals surface area contributed by atoms with E-state index in [-0.39, 0.29) is 0 Å². The van der Waals surface area contributed by atoms with Crippen LogP contribution < -0.4 is 26.9 Å². The summed E-state index contributed by atoms with van der Waals surface area (Å²) in [5.74, 6) is 0. The molecule has 2 heteroatoms. The first-order valence-electron chi connectivity index (χ1n) is 3.27. The molecule has 0 aromatic heterocycles. The molecular weight excluding hydrogens is 225 g/mol. The Labute approximate surface area is 67.0 Å². The Kier molecular flexibility index (Phi) is 2.98. The van der Waals surface area contributed by atoms with Crippen LogP contribution in [0.4, 0.5) is 0 Å². The van der Waals surface area contributed by atoms with Crippen molar-refractivity contribution in [2.45, 2.75) is 25.3 Å². The second-order valence-electron chi connectivity index (χ2n) is 2.37. The summed E-state index contributed by atoms with van der Waals surface area (Å²) in [6.45, 7) is 0. The molecule has 1 aliphatic rings. The summed E-state index contributed by atoms with van der Waals surface area (Å²) in [6, 6.07) is 0.462. The average Bonchev–Trinajstić information content (AvgIpc) is 1.90. The van der Waals surface area contributed by atoms with Crippen LogP contribution in [0.2, 0.25) is 0 Å². The zero-order valence-corrected chi connectivity index (χ0v) is 7.89. The standard InChI is InChI=1S/C7H13IN/c1-8-6-2-4-7(9)5-3-6/h2,7H,3-5,9H2,1H3/q-1. The van der Waals surface area contributed by atoms with Crippen LogP contribution in [0.25, 0.3) is 0 Å². The molecule has 54 valence electrons. The van der Waals surface area contributed by atoms with Gasteiger partial charge in [-0.2, -0.15) is 0 Å². The van der Waals surface area contributed by atoms with E-state index in [1.54, 1.807) is 3.58 Å². The van der Waals surface area contributed by atoms with E-state index in [0.717, 1.165) is 6.42 Å². The quantitative estimate of drug-likeness (QED) is 0.419. The van der Waals surface area contributed by atoms with Gasteiger partial charge in [0.1, 0.15) is 0 Å². The molecule has 1 unspecified atom stereocenters. The Bertz CT molecular complexity index is 120. The molecule has 9 heavy (non-hydrogen) atoms. The van der Waals surface area contributed by atoms with Crippen molar-refractivity contribution in [1.82, 2.24) is 0 Å². The maximum absolute atomic E-state index is 5.72. The van der Waals surface area contributed by atoms with E-state index in [4.69, 9.17) is 5.73 Å². The van der Waals surface area contributed by atoms with Crippen LogP contribution in [0.1, 0.15) is 19.3 Å². The maximum atomic E-state index is 5.72. The van der Waals surface area contributed by atoms with Gasteiger partial charge in [-0.05, 0) is 0 Å². The van der Waals surface area contributed by atoms with Gasteiger partial charge in [-0.3, -0.25) is 0 Å². The minimum absolute atomic E-state index is 0.372. The second kappa shape index (κ2) is 3.56. The Balaban J connectivity index is 2.40. The molecule has 0 saturated heterocycles. The SMILES string of the molecule is C[I-]C1=CCC(N)CC1. The van der Waals surface area contributed by atoms with Gasteiger partial charge in [0.2, 0.25) is 0 Å². The van der Waals surface area contributed by atoms with Crippen LogP contribution >= 0.6 is 0 Å². The summed E-state index contributed by atoms with van der Waals surface area (Å²) in [4.78, 5) is 2.32. The number of halogens is 1. The molecule has 0 aromatic carbocycles. The summed E-state index contributed by atoms with van der Waals surface area (Å²) < 4.78 is 1.70. The zero-order valence-electron chi connectivity index (χ0n) is 5.73. The molecule has 1 nitrogen and oxygen atoms in total. The fourth-order valence-corrected chi connectivity index (χ4v) is 2.54. The van der Waals surface area contributed by atoms with Crippen LogP contribution in [-0.4, -0.2) is 11.0 Å². The average molecular weight is 238 g/mol. The summed E-state index contributed by atoms with van der Waals surface area (Å²) in [7, 11) is 0. The van der Waals surface area contributed by atoms with Crippen molar-refractivity contribution in [2.24, 2.45) is 5.73 Å². The van der Waals surface area contributed by atoms with E-state index >= 15 is 0 Å². The van der Waals surface area contributed by atoms with Gasteiger partial charge < -0.3 is 0 Å². The van der Waals surface area contributed by atoms with E-state index in [1.165, 1.54) is 12.8 Å². The Morgan fingerprint density at radius 3 is 3.00 bits per heavy atom. The van der Waals surface area contributed by atoms with Gasteiger partial charge in [-0.25, -0.2) is 0 Å². The van der Waals surface area contributed by atoms with Crippen molar-refractivity contribution in [3.8, 4) is 0 Å². The fourth-order valence-electron chi connectivity index (χ4n) is 0.994. The molecule has 0 aromatic rings. The number of alkyl halides is 1. The summed E-state index contributed by atoms with van der Waals surface area (Å²) in [6.07, 6.45) is 5.98. The normalized spacial score (nSPS) is 28.2. The predicted molar refractivity (Wildman–Crippen MR) is 35.8 cm³/mol. The van der Waals surface area contributed by atoms with Crippen molar-refractivity contribution in [1.29, 1.82) is 0 Å². The van der Waals surface area contributed by atoms with Gasteiger partial charge in [-0.1, -0.05) is 0 Å². The summed E-state index contributed by atoms with van der Waals surface area (Å²) >= 11 is 0.372. The van der Waals surface area contributed by atoms with E-state index < -0.39 is 0 Å². The molecule has 0 aliphatic heterocycles. The first-order valence-corrected chi connectivity index (χ1v) is 6.50. The third kappa shape index (κ3) is 2.26. The number of allylic oxidation sites excluding steroid dienone is 1. The molecule has 1 rings (SSSR count). The first kappa shape index (κ1) is 7.54. The van der Waals surface area contributed by atoms with Crippen molar-refractivity contribution in [3.63, 3.8) is 0 Å². The molecule has 1 aliphatic carbocycles. The summed E-state index contributed by atoms with van der Waals surface area (Å²) in [5.41, 5.74) is 5.72. The molecule has 0 bridgehead atoms. The third-order valence-electron chi connectivity index (χ3n) is 1.64. The molecule has 0 fully saturated rings. The first-order chi connectivity index (χ1) is 4.33. The van der Waals surface area contributed by atoms with Crippen molar-refractivity contribution in [2.75, 3.05) is 4.93 Å². The van der Waals surface area contributed by atoms with Gasteiger partial charge >= 0.3 is 66.8 Å². The number of rotatable bonds is 1. The van der Waals surface area contributed by atoms with Gasteiger partial charge in [0.25, 0.3) is 0 Å². The molecule has 2 N–H and O–H groups in total. The summed E-state index contributed by atoms with van der Waals surface area (Å²) in [5, 5.41) is 0. The van der Waals surface area contributed by atoms with Crippen LogP contribution in [0.3, 0.4) is 0 Å². The topological polar surface area (TPSA) is 26.0 Å². The van der Waals surface area contributed by atoms with Gasteiger partial charge in [-0.15, -0.1) is 0 Å². The van der Waals surface area contributed by atoms with Crippen molar-refractivity contribution in [3.05, 3.63) is 9.66 Å². The Morgan fingerprint density at radius 2 is 2.56 bits per heavy atom. The van der Waals surface area contributed by atoms with Crippen LogP contribution in [0.15, 0.2) is 9.66 Å². The Hall–Kier alpha value is 0.430. The molecular formula is C7H13IN-. The minimum atomic E-state index is 0.372. The van der Waals surface area contributed by atoms with Crippen molar-refractivity contribution < 1.29 is 21.2 Å². The monoisotopic (exact) mass is 238 g/mol. The number of hydrogen-bond donors (Lipinski definition) is 1. The second-order valence-corrected chi connectivity index (χ2v) is 4.84. The fraction of sp³-hybridized carbons (Fsp3) is 0.714. The molecule has 1 atom stereocenters. The predicted octanol–water partition coefficient (Wildman–Crippen LogP) is -1.90. The molecule has 0 spiro atoms. The number of nitrogens with two attached hydrogens (primary N) is 1. The van der Waals surface area contributed by atoms with Crippen LogP contribution in [0, 0.1) is 0 Å². The van der Waals surface area contributed by atoms with E-state index in [1.807, 2.05) is 0 Å². The van der Waals surface area contributed by atoms with E-state index in [2.05, 4.69) is 11.0 Å². The van der Waals surface area contributed by atoms with Crippen molar-refractivity contribution >= 4 is 0 Å². The van der Waals surface area contributed by atoms with Gasteiger partial charge in [0.05, 0.1) is 0 Å². The zero-order chi connectivity index (χ0) is 6.69. The molecule has 0 radical (unpaired) electrons. The number of hydrogen-bond acceptors (Lipinski definition) is 1. The van der Waals surface area contributed by atoms with E-state index in [0.29, 0.717) is 27.2 Å². The van der Waals surface area contributed by atoms with Crippen LogP contribution in [-0.2, 0) is 0 Å². The third-order valence-corrected chi connectivity index (χ3v) is 4.00. The molecule has 0 amide bonds. The molecule has 0 saturated carbocycles. The van der Waals surface area contributed by atoms with Gasteiger partial charge in [0.15, 0.2) is 0 Å². The van der Waals surface area contributed by atoms with Gasteiger partial charge in [0, 0.05) is 0 Å². The molecule has 0 heterocycles. The van der Waals surface area contributed by atoms with Crippen LogP contribution in [0.5, 0.6) is 0 Å². The Morgan fingerprint density at radius 1 is 1.78 bits per heavy atom.